The molecule has 110 valence electrons. The number of halogens is 1. The molecule has 1 amide bonds. The van der Waals surface area contributed by atoms with Crippen LogP contribution in [-0.2, 0) is 0 Å². The van der Waals surface area contributed by atoms with Gasteiger partial charge in [0.15, 0.2) is 11.6 Å². The number of hydrogen-bond acceptors (Lipinski definition) is 3. The van der Waals surface area contributed by atoms with Gasteiger partial charge in [0.05, 0.1) is 5.56 Å². The molecule has 2 N–H and O–H groups in total. The first-order chi connectivity index (χ1) is 9.56. The van der Waals surface area contributed by atoms with Crippen LogP contribution in [0.1, 0.15) is 49.4 Å². The summed E-state index contributed by atoms with van der Waals surface area (Å²) in [5.41, 5.74) is 0.187. The lowest BCUT2D eigenvalue weighted by Gasteiger charge is -2.33. The molecule has 1 aromatic heterocycles. The molecule has 2 rings (SSSR count). The smallest absolute Gasteiger partial charge is 0.254 e. The monoisotopic (exact) mass is 279 g/mol. The Balaban J connectivity index is 2.01. The van der Waals surface area contributed by atoms with E-state index in [1.54, 1.807) is 7.05 Å². The van der Waals surface area contributed by atoms with Crippen LogP contribution < -0.4 is 10.6 Å². The summed E-state index contributed by atoms with van der Waals surface area (Å²) in [7, 11) is 1.58. The van der Waals surface area contributed by atoms with Crippen LogP contribution in [0.25, 0.3) is 0 Å². The van der Waals surface area contributed by atoms with E-state index in [2.05, 4.69) is 22.5 Å². The van der Waals surface area contributed by atoms with Crippen LogP contribution in [-0.4, -0.2) is 24.5 Å². The van der Waals surface area contributed by atoms with Gasteiger partial charge in [0.1, 0.15) is 0 Å². The van der Waals surface area contributed by atoms with Gasteiger partial charge in [-0.25, -0.2) is 9.37 Å². The van der Waals surface area contributed by atoms with Crippen LogP contribution >= 0.6 is 0 Å². The van der Waals surface area contributed by atoms with Crippen molar-refractivity contribution >= 4 is 11.7 Å². The van der Waals surface area contributed by atoms with Crippen LogP contribution in [0.5, 0.6) is 0 Å². The van der Waals surface area contributed by atoms with Crippen molar-refractivity contribution in [2.24, 2.45) is 5.41 Å². The number of carbonyl (C=O) groups excluding carboxylic acids is 1. The van der Waals surface area contributed by atoms with Crippen LogP contribution in [0.3, 0.4) is 0 Å². The largest absolute Gasteiger partial charge is 0.371 e. The molecule has 1 saturated carbocycles. The fourth-order valence-electron chi connectivity index (χ4n) is 2.76. The van der Waals surface area contributed by atoms with Gasteiger partial charge in [0, 0.05) is 19.8 Å². The van der Waals surface area contributed by atoms with E-state index in [0.29, 0.717) is 6.54 Å². The third-order valence-electron chi connectivity index (χ3n) is 4.11. The number of hydrogen-bond donors (Lipinski definition) is 2. The SMILES string of the molecule is CNc1nccc(C(=O)NCC2(C)CCCCC2)c1F. The van der Waals surface area contributed by atoms with Crippen molar-refractivity contribution in [3.8, 4) is 0 Å². The summed E-state index contributed by atoms with van der Waals surface area (Å²) >= 11 is 0. The molecule has 0 unspecified atom stereocenters. The lowest BCUT2D eigenvalue weighted by molar-refractivity contribution is 0.0915. The highest BCUT2D eigenvalue weighted by Gasteiger charge is 2.27. The van der Waals surface area contributed by atoms with E-state index >= 15 is 0 Å². The third-order valence-corrected chi connectivity index (χ3v) is 4.11. The van der Waals surface area contributed by atoms with Gasteiger partial charge in [0.25, 0.3) is 5.91 Å². The minimum atomic E-state index is -0.596. The van der Waals surface area contributed by atoms with E-state index in [1.165, 1.54) is 31.5 Å². The quantitative estimate of drug-likeness (QED) is 0.891. The van der Waals surface area contributed by atoms with E-state index in [4.69, 9.17) is 0 Å². The summed E-state index contributed by atoms with van der Waals surface area (Å²) in [5, 5.41) is 5.50. The number of nitrogens with zero attached hydrogens (tertiary/aromatic N) is 1. The van der Waals surface area contributed by atoms with Gasteiger partial charge < -0.3 is 10.6 Å². The fourth-order valence-corrected chi connectivity index (χ4v) is 2.76. The van der Waals surface area contributed by atoms with Crippen molar-refractivity contribution in [2.45, 2.75) is 39.0 Å². The molecule has 0 spiro atoms. The molecule has 1 heterocycles. The van der Waals surface area contributed by atoms with Crippen LogP contribution in [0.4, 0.5) is 10.2 Å². The summed E-state index contributed by atoms with van der Waals surface area (Å²) in [6.45, 7) is 2.79. The Morgan fingerprint density at radius 1 is 1.40 bits per heavy atom. The van der Waals surface area contributed by atoms with Gasteiger partial charge in [-0.3, -0.25) is 4.79 Å². The maximum atomic E-state index is 14.0. The molecule has 0 aliphatic heterocycles. The summed E-state index contributed by atoms with van der Waals surface area (Å²) < 4.78 is 14.0. The standard InChI is InChI=1S/C15H22FN3O/c1-15(7-4-3-5-8-15)10-19-14(20)11-6-9-18-13(17-2)12(11)16/h6,9H,3-5,7-8,10H2,1-2H3,(H,17,18)(H,19,20). The molecule has 5 heteroatoms. The predicted octanol–water partition coefficient (Wildman–Crippen LogP) is 2.96. The highest BCUT2D eigenvalue weighted by atomic mass is 19.1. The lowest BCUT2D eigenvalue weighted by Crippen LogP contribution is -2.37. The first kappa shape index (κ1) is 14.8. The highest BCUT2D eigenvalue weighted by molar-refractivity contribution is 5.95. The summed E-state index contributed by atoms with van der Waals surface area (Å²) in [4.78, 5) is 15.9. The van der Waals surface area contributed by atoms with E-state index in [9.17, 15) is 9.18 Å². The minimum Gasteiger partial charge on any atom is -0.371 e. The molecule has 0 saturated heterocycles. The first-order valence-corrected chi connectivity index (χ1v) is 7.16. The lowest BCUT2D eigenvalue weighted by atomic mass is 9.76. The molecular weight excluding hydrogens is 257 g/mol. The number of rotatable bonds is 4. The summed E-state index contributed by atoms with van der Waals surface area (Å²) in [6, 6.07) is 1.41. The number of carbonyl (C=O) groups is 1. The van der Waals surface area contributed by atoms with Gasteiger partial charge >= 0.3 is 0 Å². The zero-order valence-corrected chi connectivity index (χ0v) is 12.1. The maximum Gasteiger partial charge on any atom is 0.254 e. The molecule has 0 radical (unpaired) electrons. The highest BCUT2D eigenvalue weighted by Crippen LogP contribution is 2.35. The molecule has 1 aliphatic carbocycles. The Morgan fingerprint density at radius 3 is 2.75 bits per heavy atom. The van der Waals surface area contributed by atoms with E-state index < -0.39 is 5.82 Å². The molecule has 4 nitrogen and oxygen atoms in total. The number of nitrogens with one attached hydrogen (secondary N) is 2. The average Bonchev–Trinajstić information content (AvgIpc) is 2.46. The van der Waals surface area contributed by atoms with Crippen molar-refractivity contribution in [1.82, 2.24) is 10.3 Å². The molecular formula is C15H22FN3O. The van der Waals surface area contributed by atoms with Crippen molar-refractivity contribution in [3.05, 3.63) is 23.6 Å². The maximum absolute atomic E-state index is 14.0. The molecule has 1 fully saturated rings. The molecule has 0 atom stereocenters. The van der Waals surface area contributed by atoms with Gasteiger partial charge in [-0.1, -0.05) is 26.2 Å². The number of anilines is 1. The second-order valence-corrected chi connectivity index (χ2v) is 5.83. The van der Waals surface area contributed by atoms with Crippen LogP contribution in [0.2, 0.25) is 0 Å². The van der Waals surface area contributed by atoms with Crippen molar-refractivity contribution in [1.29, 1.82) is 0 Å². The first-order valence-electron chi connectivity index (χ1n) is 7.16. The third kappa shape index (κ3) is 3.26. The predicted molar refractivity (Wildman–Crippen MR) is 77.3 cm³/mol. The molecule has 0 bridgehead atoms. The van der Waals surface area contributed by atoms with Crippen molar-refractivity contribution < 1.29 is 9.18 Å². The van der Waals surface area contributed by atoms with E-state index in [1.807, 2.05) is 0 Å². The number of pyridine rings is 1. The zero-order chi connectivity index (χ0) is 14.6. The Kier molecular flexibility index (Phi) is 4.57. The van der Waals surface area contributed by atoms with E-state index in [0.717, 1.165) is 12.8 Å². The topological polar surface area (TPSA) is 54.0 Å². The van der Waals surface area contributed by atoms with Crippen LogP contribution in [0, 0.1) is 11.2 Å². The van der Waals surface area contributed by atoms with E-state index in [-0.39, 0.29) is 22.7 Å². The second kappa shape index (κ2) is 6.20. The summed E-state index contributed by atoms with van der Waals surface area (Å²) in [5.74, 6) is -0.865. The molecule has 0 aromatic carbocycles. The Hall–Kier alpha value is -1.65. The second-order valence-electron chi connectivity index (χ2n) is 5.83. The Bertz CT molecular complexity index is 484. The van der Waals surface area contributed by atoms with Crippen molar-refractivity contribution in [3.63, 3.8) is 0 Å². The van der Waals surface area contributed by atoms with Crippen molar-refractivity contribution in [2.75, 3.05) is 18.9 Å². The van der Waals surface area contributed by atoms with Gasteiger partial charge in [-0.2, -0.15) is 0 Å². The Morgan fingerprint density at radius 2 is 2.10 bits per heavy atom. The average molecular weight is 279 g/mol. The Labute approximate surface area is 119 Å². The zero-order valence-electron chi connectivity index (χ0n) is 12.1. The summed E-state index contributed by atoms with van der Waals surface area (Å²) in [6.07, 6.45) is 7.36. The fraction of sp³-hybridized carbons (Fsp3) is 0.600. The van der Waals surface area contributed by atoms with Gasteiger partial charge in [-0.15, -0.1) is 0 Å². The number of amides is 1. The normalized spacial score (nSPS) is 17.6. The molecule has 20 heavy (non-hydrogen) atoms. The number of aromatic nitrogens is 1. The molecule has 1 aliphatic rings. The van der Waals surface area contributed by atoms with Crippen LogP contribution in [0.15, 0.2) is 12.3 Å². The van der Waals surface area contributed by atoms with Gasteiger partial charge in [0.2, 0.25) is 0 Å². The molecule has 1 aromatic rings. The van der Waals surface area contributed by atoms with Gasteiger partial charge in [-0.05, 0) is 24.3 Å². The minimum absolute atomic E-state index is 0.0451.